The standard InChI is InChI=1S/C17H16O7/c1-9-6-12(19)15(17(21)24-9)11(18)5-4-10-7-13(22-2)16(20)14(8-10)23-3/h4-8,19-20H,1-3H3. The molecule has 0 amide bonds. The molecule has 7 nitrogen and oxygen atoms in total. The van der Waals surface area contributed by atoms with Gasteiger partial charge < -0.3 is 24.1 Å². The Morgan fingerprint density at radius 1 is 1.12 bits per heavy atom. The average molecular weight is 332 g/mol. The van der Waals surface area contributed by atoms with Crippen LogP contribution in [0.25, 0.3) is 6.08 Å². The normalized spacial score (nSPS) is 10.8. The van der Waals surface area contributed by atoms with Gasteiger partial charge in [0.15, 0.2) is 17.3 Å². The minimum absolute atomic E-state index is 0.166. The summed E-state index contributed by atoms with van der Waals surface area (Å²) in [4.78, 5) is 23.8. The number of ketones is 1. The van der Waals surface area contributed by atoms with E-state index in [2.05, 4.69) is 0 Å². The van der Waals surface area contributed by atoms with E-state index in [1.807, 2.05) is 0 Å². The van der Waals surface area contributed by atoms with Gasteiger partial charge in [0.1, 0.15) is 17.1 Å². The molecule has 2 N–H and O–H groups in total. The molecule has 0 fully saturated rings. The third-order valence-corrected chi connectivity index (χ3v) is 3.23. The van der Waals surface area contributed by atoms with Crippen molar-refractivity contribution in [3.63, 3.8) is 0 Å². The Hall–Kier alpha value is -3.22. The van der Waals surface area contributed by atoms with Crippen LogP contribution in [0.15, 0.2) is 33.5 Å². The van der Waals surface area contributed by atoms with Crippen molar-refractivity contribution in [3.8, 4) is 23.0 Å². The number of rotatable bonds is 5. The number of aryl methyl sites for hydroxylation is 1. The smallest absolute Gasteiger partial charge is 0.351 e. The van der Waals surface area contributed by atoms with Crippen LogP contribution in [0.4, 0.5) is 0 Å². The predicted molar refractivity (Wildman–Crippen MR) is 86.0 cm³/mol. The predicted octanol–water partition coefficient (Wildman–Crippen LogP) is 2.27. The number of hydrogen-bond donors (Lipinski definition) is 2. The summed E-state index contributed by atoms with van der Waals surface area (Å²) in [5.41, 5.74) is -0.872. The number of methoxy groups -OCH3 is 2. The molecule has 1 aromatic heterocycles. The lowest BCUT2D eigenvalue weighted by Crippen LogP contribution is -2.12. The number of phenols is 1. The fourth-order valence-electron chi connectivity index (χ4n) is 2.09. The number of carbonyl (C=O) groups is 1. The molecule has 0 atom stereocenters. The van der Waals surface area contributed by atoms with Crippen LogP contribution in [0.1, 0.15) is 21.7 Å². The Morgan fingerprint density at radius 2 is 1.71 bits per heavy atom. The number of phenolic OH excluding ortho intramolecular Hbond substituents is 1. The summed E-state index contributed by atoms with van der Waals surface area (Å²) >= 11 is 0. The van der Waals surface area contributed by atoms with Gasteiger partial charge in [-0.1, -0.05) is 6.08 Å². The molecule has 1 heterocycles. The topological polar surface area (TPSA) is 106 Å². The second-order valence-corrected chi connectivity index (χ2v) is 4.88. The quantitative estimate of drug-likeness (QED) is 0.639. The van der Waals surface area contributed by atoms with Gasteiger partial charge in [-0.15, -0.1) is 0 Å². The van der Waals surface area contributed by atoms with E-state index < -0.39 is 22.7 Å². The molecule has 0 aliphatic heterocycles. The van der Waals surface area contributed by atoms with Gasteiger partial charge in [-0.05, 0) is 30.7 Å². The molecular weight excluding hydrogens is 316 g/mol. The van der Waals surface area contributed by atoms with E-state index in [1.54, 1.807) is 0 Å². The molecular formula is C17H16O7. The van der Waals surface area contributed by atoms with Crippen molar-refractivity contribution in [2.24, 2.45) is 0 Å². The third kappa shape index (κ3) is 3.40. The Labute approximate surface area is 137 Å². The summed E-state index contributed by atoms with van der Waals surface area (Å²) in [6, 6.07) is 4.16. The second kappa shape index (κ2) is 6.91. The number of aromatic hydroxyl groups is 2. The van der Waals surface area contributed by atoms with E-state index in [9.17, 15) is 19.8 Å². The lowest BCUT2D eigenvalue weighted by molar-refractivity contribution is 0.104. The maximum absolute atomic E-state index is 12.1. The summed E-state index contributed by atoms with van der Waals surface area (Å²) in [5, 5.41) is 19.6. The van der Waals surface area contributed by atoms with Crippen molar-refractivity contribution in [2.75, 3.05) is 14.2 Å². The first-order valence-electron chi connectivity index (χ1n) is 6.88. The van der Waals surface area contributed by atoms with E-state index in [-0.39, 0.29) is 23.0 Å². The fourth-order valence-corrected chi connectivity index (χ4v) is 2.09. The van der Waals surface area contributed by atoms with Crippen molar-refractivity contribution in [3.05, 3.63) is 51.6 Å². The third-order valence-electron chi connectivity index (χ3n) is 3.23. The van der Waals surface area contributed by atoms with E-state index in [1.165, 1.54) is 45.4 Å². The van der Waals surface area contributed by atoms with Crippen molar-refractivity contribution in [1.29, 1.82) is 0 Å². The largest absolute Gasteiger partial charge is 0.507 e. The van der Waals surface area contributed by atoms with Crippen LogP contribution in [0.5, 0.6) is 23.0 Å². The van der Waals surface area contributed by atoms with E-state index >= 15 is 0 Å². The number of ether oxygens (including phenoxy) is 2. The highest BCUT2D eigenvalue weighted by molar-refractivity contribution is 6.08. The van der Waals surface area contributed by atoms with Crippen molar-refractivity contribution in [1.82, 2.24) is 0 Å². The first-order valence-corrected chi connectivity index (χ1v) is 6.88. The molecule has 0 spiro atoms. The zero-order valence-corrected chi connectivity index (χ0v) is 13.3. The lowest BCUT2D eigenvalue weighted by Gasteiger charge is -2.09. The molecule has 2 rings (SSSR count). The van der Waals surface area contributed by atoms with Crippen LogP contribution in [0.2, 0.25) is 0 Å². The van der Waals surface area contributed by atoms with Crippen molar-refractivity contribution >= 4 is 11.9 Å². The average Bonchev–Trinajstić information content (AvgIpc) is 2.52. The van der Waals surface area contributed by atoms with Gasteiger partial charge in [-0.25, -0.2) is 4.79 Å². The Balaban J connectivity index is 2.38. The van der Waals surface area contributed by atoms with Crippen molar-refractivity contribution < 1.29 is 28.9 Å². The van der Waals surface area contributed by atoms with Gasteiger partial charge in [0.2, 0.25) is 5.75 Å². The monoisotopic (exact) mass is 332 g/mol. The van der Waals surface area contributed by atoms with Gasteiger partial charge in [-0.3, -0.25) is 4.79 Å². The summed E-state index contributed by atoms with van der Waals surface area (Å²) in [6.07, 6.45) is 2.50. The number of allylic oxidation sites excluding steroid dienone is 1. The summed E-state index contributed by atoms with van der Waals surface area (Å²) in [6.45, 7) is 1.49. The molecule has 0 aliphatic carbocycles. The Morgan fingerprint density at radius 3 is 2.21 bits per heavy atom. The fraction of sp³-hybridized carbons (Fsp3) is 0.176. The zero-order valence-electron chi connectivity index (χ0n) is 13.3. The van der Waals surface area contributed by atoms with E-state index in [4.69, 9.17) is 13.9 Å². The first kappa shape index (κ1) is 17.1. The number of carbonyl (C=O) groups excluding carboxylic acids is 1. The molecule has 24 heavy (non-hydrogen) atoms. The second-order valence-electron chi connectivity index (χ2n) is 4.88. The molecule has 0 aliphatic rings. The van der Waals surface area contributed by atoms with E-state index in [0.29, 0.717) is 5.56 Å². The van der Waals surface area contributed by atoms with Crippen molar-refractivity contribution in [2.45, 2.75) is 6.92 Å². The highest BCUT2D eigenvalue weighted by atomic mass is 16.5. The maximum atomic E-state index is 12.1. The van der Waals surface area contributed by atoms with Gasteiger partial charge in [0.05, 0.1) is 14.2 Å². The van der Waals surface area contributed by atoms with Gasteiger partial charge in [0, 0.05) is 6.07 Å². The molecule has 1 aromatic carbocycles. The molecule has 126 valence electrons. The van der Waals surface area contributed by atoms with Crippen LogP contribution in [-0.2, 0) is 0 Å². The van der Waals surface area contributed by atoms with Gasteiger partial charge in [-0.2, -0.15) is 0 Å². The maximum Gasteiger partial charge on any atom is 0.351 e. The molecule has 2 aromatic rings. The molecule has 0 radical (unpaired) electrons. The van der Waals surface area contributed by atoms with Gasteiger partial charge in [0.25, 0.3) is 0 Å². The van der Waals surface area contributed by atoms with Gasteiger partial charge >= 0.3 is 5.63 Å². The van der Waals surface area contributed by atoms with Crippen LogP contribution in [0, 0.1) is 6.92 Å². The van der Waals surface area contributed by atoms with Crippen LogP contribution in [-0.4, -0.2) is 30.2 Å². The minimum Gasteiger partial charge on any atom is -0.507 e. The number of hydrogen-bond acceptors (Lipinski definition) is 7. The Bertz CT molecular complexity index is 837. The minimum atomic E-state index is -0.914. The van der Waals surface area contributed by atoms with Crippen LogP contribution in [0.3, 0.4) is 0 Å². The highest BCUT2D eigenvalue weighted by Crippen LogP contribution is 2.37. The molecule has 0 unspecified atom stereocenters. The molecule has 0 saturated carbocycles. The molecule has 0 bridgehead atoms. The first-order chi connectivity index (χ1) is 11.4. The van der Waals surface area contributed by atoms with Crippen LogP contribution >= 0.6 is 0 Å². The van der Waals surface area contributed by atoms with Crippen LogP contribution < -0.4 is 15.1 Å². The summed E-state index contributed by atoms with van der Waals surface area (Å²) in [7, 11) is 2.76. The molecule has 0 saturated heterocycles. The van der Waals surface area contributed by atoms with E-state index in [0.717, 1.165) is 6.08 Å². The summed E-state index contributed by atoms with van der Waals surface area (Å²) < 4.78 is 14.8. The lowest BCUT2D eigenvalue weighted by atomic mass is 10.1. The highest BCUT2D eigenvalue weighted by Gasteiger charge is 2.16. The SMILES string of the molecule is COc1cc(C=CC(=O)c2c(O)cc(C)oc2=O)cc(OC)c1O. The summed E-state index contributed by atoms with van der Waals surface area (Å²) in [5.74, 6) is -0.795. The Kier molecular flexibility index (Phi) is 4.93. The zero-order chi connectivity index (χ0) is 17.9. The molecule has 7 heteroatoms. The number of benzene rings is 1.